The van der Waals surface area contributed by atoms with Gasteiger partial charge in [-0.3, -0.25) is 13.9 Å². The lowest BCUT2D eigenvalue weighted by Crippen LogP contribution is -2.52. The van der Waals surface area contributed by atoms with Gasteiger partial charge in [0, 0.05) is 18.1 Å². The van der Waals surface area contributed by atoms with Crippen molar-refractivity contribution in [2.45, 2.75) is 51.6 Å². The van der Waals surface area contributed by atoms with Gasteiger partial charge in [0.25, 0.3) is 10.0 Å². The number of hydrogen-bond donors (Lipinski definition) is 1. The van der Waals surface area contributed by atoms with E-state index in [1.165, 1.54) is 17.0 Å². The number of amides is 2. The molecule has 0 aliphatic rings. The second kappa shape index (κ2) is 13.7. The van der Waals surface area contributed by atoms with Crippen LogP contribution in [0.5, 0.6) is 5.75 Å². The number of halogens is 1. The topological polar surface area (TPSA) is 96.0 Å². The molecular formula is C30H36ClN3O5S. The molecule has 2 amide bonds. The highest BCUT2D eigenvalue weighted by molar-refractivity contribution is 7.92. The molecule has 0 bridgehead atoms. The lowest BCUT2D eigenvalue weighted by atomic mass is 10.1. The molecule has 3 rings (SSSR count). The fourth-order valence-corrected chi connectivity index (χ4v) is 6.13. The van der Waals surface area contributed by atoms with Gasteiger partial charge in [0.1, 0.15) is 18.3 Å². The smallest absolute Gasteiger partial charge is 0.264 e. The minimum atomic E-state index is -4.16. The number of aryl methyl sites for hydroxylation is 2. The van der Waals surface area contributed by atoms with Gasteiger partial charge in [0.2, 0.25) is 11.8 Å². The van der Waals surface area contributed by atoms with Crippen LogP contribution in [0.25, 0.3) is 0 Å². The molecule has 0 fully saturated rings. The van der Waals surface area contributed by atoms with Gasteiger partial charge in [-0.1, -0.05) is 48.4 Å². The Morgan fingerprint density at radius 3 is 2.30 bits per heavy atom. The normalized spacial score (nSPS) is 11.9. The van der Waals surface area contributed by atoms with Crippen LogP contribution >= 0.6 is 11.6 Å². The largest absolute Gasteiger partial charge is 0.497 e. The summed E-state index contributed by atoms with van der Waals surface area (Å²) in [7, 11) is -2.61. The average Bonchev–Trinajstić information content (AvgIpc) is 2.92. The fourth-order valence-electron chi connectivity index (χ4n) is 4.43. The molecule has 0 radical (unpaired) electrons. The molecule has 3 aromatic carbocycles. The Morgan fingerprint density at radius 1 is 1.00 bits per heavy atom. The maximum absolute atomic E-state index is 14.1. The van der Waals surface area contributed by atoms with E-state index in [4.69, 9.17) is 16.3 Å². The van der Waals surface area contributed by atoms with Crippen LogP contribution in [0.1, 0.15) is 37.0 Å². The second-order valence-corrected chi connectivity index (χ2v) is 11.7. The van der Waals surface area contributed by atoms with Crippen molar-refractivity contribution >= 4 is 39.1 Å². The molecule has 0 saturated carbocycles. The van der Waals surface area contributed by atoms with Crippen molar-refractivity contribution in [2.24, 2.45) is 0 Å². The van der Waals surface area contributed by atoms with Crippen LogP contribution in [-0.4, -0.2) is 51.4 Å². The zero-order valence-electron chi connectivity index (χ0n) is 23.5. The highest BCUT2D eigenvalue weighted by atomic mass is 35.5. The number of nitrogens with one attached hydrogen (secondary N) is 1. The summed E-state index contributed by atoms with van der Waals surface area (Å²) in [4.78, 5) is 28.6. The van der Waals surface area contributed by atoms with Crippen LogP contribution in [-0.2, 0) is 26.2 Å². The van der Waals surface area contributed by atoms with E-state index in [0.717, 1.165) is 15.4 Å². The summed E-state index contributed by atoms with van der Waals surface area (Å²) >= 11 is 6.17. The van der Waals surface area contributed by atoms with E-state index in [0.29, 0.717) is 35.0 Å². The minimum Gasteiger partial charge on any atom is -0.497 e. The van der Waals surface area contributed by atoms with Gasteiger partial charge in [0.15, 0.2) is 0 Å². The molecule has 10 heteroatoms. The molecule has 1 atom stereocenters. The first-order chi connectivity index (χ1) is 19.0. The van der Waals surface area contributed by atoms with E-state index in [1.807, 2.05) is 19.9 Å². The maximum atomic E-state index is 14.1. The number of sulfonamides is 1. The quantitative estimate of drug-likeness (QED) is 0.319. The van der Waals surface area contributed by atoms with Crippen molar-refractivity contribution < 1.29 is 22.7 Å². The Morgan fingerprint density at radius 2 is 1.70 bits per heavy atom. The van der Waals surface area contributed by atoms with Crippen LogP contribution in [0, 0.1) is 13.8 Å². The van der Waals surface area contributed by atoms with E-state index in [2.05, 4.69) is 5.32 Å². The molecule has 3 aromatic rings. The number of rotatable bonds is 12. The molecule has 1 unspecified atom stereocenters. The molecule has 0 aliphatic heterocycles. The van der Waals surface area contributed by atoms with Crippen LogP contribution in [0.4, 0.5) is 5.69 Å². The van der Waals surface area contributed by atoms with E-state index in [-0.39, 0.29) is 17.3 Å². The summed E-state index contributed by atoms with van der Waals surface area (Å²) in [6.45, 7) is 7.19. The number of carbonyl (C=O) groups is 2. The van der Waals surface area contributed by atoms with E-state index in [1.54, 1.807) is 69.5 Å². The van der Waals surface area contributed by atoms with E-state index < -0.39 is 28.5 Å². The average molecular weight is 586 g/mol. The van der Waals surface area contributed by atoms with Gasteiger partial charge in [-0.25, -0.2) is 8.42 Å². The highest BCUT2D eigenvalue weighted by Crippen LogP contribution is 2.30. The van der Waals surface area contributed by atoms with Crippen molar-refractivity contribution in [3.8, 4) is 5.75 Å². The molecule has 0 spiro atoms. The molecular weight excluding hydrogens is 550 g/mol. The molecule has 0 saturated heterocycles. The maximum Gasteiger partial charge on any atom is 0.264 e. The summed E-state index contributed by atoms with van der Waals surface area (Å²) in [6, 6.07) is 17.7. The van der Waals surface area contributed by atoms with Gasteiger partial charge in [-0.05, 0) is 80.8 Å². The summed E-state index contributed by atoms with van der Waals surface area (Å²) in [5, 5.41) is 3.24. The first-order valence-electron chi connectivity index (χ1n) is 13.1. The zero-order chi connectivity index (χ0) is 29.4. The fraction of sp³-hybridized carbons (Fsp3) is 0.333. The number of nitrogens with zero attached hydrogens (tertiary/aromatic N) is 2. The summed E-state index contributed by atoms with van der Waals surface area (Å²) < 4.78 is 34.4. The molecule has 214 valence electrons. The summed E-state index contributed by atoms with van der Waals surface area (Å²) in [6.07, 6.45) is 0.340. The number of benzene rings is 3. The van der Waals surface area contributed by atoms with Crippen LogP contribution in [0.2, 0.25) is 5.02 Å². The molecule has 1 N–H and O–H groups in total. The molecule has 8 nitrogen and oxygen atoms in total. The third-order valence-corrected chi connectivity index (χ3v) is 8.55. The number of likely N-dealkylation sites (N-methyl/N-ethyl adjacent to an activating group) is 1. The minimum absolute atomic E-state index is 0.0513. The monoisotopic (exact) mass is 585 g/mol. The predicted octanol–water partition coefficient (Wildman–Crippen LogP) is 5.10. The van der Waals surface area contributed by atoms with Gasteiger partial charge < -0.3 is 15.0 Å². The number of carbonyl (C=O) groups excluding carboxylic acids is 2. The van der Waals surface area contributed by atoms with Crippen molar-refractivity contribution in [1.82, 2.24) is 10.2 Å². The highest BCUT2D eigenvalue weighted by Gasteiger charge is 2.34. The number of anilines is 1. The Labute approximate surface area is 241 Å². The van der Waals surface area contributed by atoms with Crippen molar-refractivity contribution in [3.05, 3.63) is 88.4 Å². The van der Waals surface area contributed by atoms with Crippen LogP contribution in [0.3, 0.4) is 0 Å². The number of methoxy groups -OCH3 is 1. The zero-order valence-corrected chi connectivity index (χ0v) is 25.1. The number of ether oxygens (including phenoxy) is 1. The van der Waals surface area contributed by atoms with Gasteiger partial charge in [-0.15, -0.1) is 0 Å². The van der Waals surface area contributed by atoms with Gasteiger partial charge in [0.05, 0.1) is 17.7 Å². The van der Waals surface area contributed by atoms with E-state index >= 15 is 0 Å². The predicted molar refractivity (Wildman–Crippen MR) is 158 cm³/mol. The Bertz CT molecular complexity index is 1440. The van der Waals surface area contributed by atoms with Crippen LogP contribution < -0.4 is 14.4 Å². The molecule has 0 aromatic heterocycles. The Balaban J connectivity index is 2.10. The van der Waals surface area contributed by atoms with Crippen LogP contribution in [0.15, 0.2) is 71.6 Å². The van der Waals surface area contributed by atoms with E-state index in [9.17, 15) is 18.0 Å². The van der Waals surface area contributed by atoms with Crippen molar-refractivity contribution in [2.75, 3.05) is 24.5 Å². The molecule has 40 heavy (non-hydrogen) atoms. The lowest BCUT2D eigenvalue weighted by Gasteiger charge is -2.33. The second-order valence-electron chi connectivity index (χ2n) is 9.45. The van der Waals surface area contributed by atoms with Gasteiger partial charge in [-0.2, -0.15) is 0 Å². The SMILES string of the molecule is CCNC(=O)C(CC)N(Cc1cccc(OC)c1)C(=O)CN(c1ccc(Cl)cc1C)S(=O)(=O)c1ccc(C)cc1. The Hall–Kier alpha value is -3.56. The standard InChI is InChI=1S/C30H36ClN3O5S/c1-6-27(30(36)32-7-2)33(19-23-9-8-10-25(18-23)39-5)29(35)20-34(28-16-13-24(31)17-22(28)4)40(37,38)26-14-11-21(3)12-15-26/h8-18,27H,6-7,19-20H2,1-5H3,(H,32,36). The Kier molecular flexibility index (Phi) is 10.6. The van der Waals surface area contributed by atoms with Gasteiger partial charge >= 0.3 is 0 Å². The molecule has 0 heterocycles. The summed E-state index contributed by atoms with van der Waals surface area (Å²) in [5.41, 5.74) is 2.56. The van der Waals surface area contributed by atoms with Crippen molar-refractivity contribution in [3.63, 3.8) is 0 Å². The lowest BCUT2D eigenvalue weighted by molar-refractivity contribution is -0.140. The summed E-state index contributed by atoms with van der Waals surface area (Å²) in [5.74, 6) is -0.223. The van der Waals surface area contributed by atoms with Crippen molar-refractivity contribution in [1.29, 1.82) is 0 Å². The third kappa shape index (κ3) is 7.34. The third-order valence-electron chi connectivity index (χ3n) is 6.54. The first-order valence-corrected chi connectivity index (χ1v) is 14.9. The first kappa shape index (κ1) is 31.0. The molecule has 0 aliphatic carbocycles. The number of hydrogen-bond acceptors (Lipinski definition) is 5.